The number of rotatable bonds is 5. The van der Waals surface area contributed by atoms with Gasteiger partial charge in [-0.3, -0.25) is 0 Å². The second kappa shape index (κ2) is 5.41. The number of hydrogen-bond acceptors (Lipinski definition) is 3. The molecule has 1 rings (SSSR count). The normalized spacial score (nSPS) is 12.3. The monoisotopic (exact) mass is 207 g/mol. The van der Waals surface area contributed by atoms with E-state index >= 15 is 0 Å². The topological polar surface area (TPSA) is 55.5 Å². The van der Waals surface area contributed by atoms with E-state index < -0.39 is 0 Å². The van der Waals surface area contributed by atoms with Crippen LogP contribution < -0.4 is 5.73 Å². The number of nitrogen functional groups attached to an aromatic ring is 1. The van der Waals surface area contributed by atoms with Gasteiger partial charge in [0.25, 0.3) is 0 Å². The molecule has 0 fully saturated rings. The van der Waals surface area contributed by atoms with Crippen LogP contribution in [0.2, 0.25) is 0 Å². The molecule has 82 valence electrons. The third kappa shape index (κ3) is 3.64. The van der Waals surface area contributed by atoms with Crippen LogP contribution in [0.1, 0.15) is 12.5 Å². The summed E-state index contributed by atoms with van der Waals surface area (Å²) < 4.78 is 5.36. The Kier molecular flexibility index (Phi) is 4.18. The molecule has 0 aliphatic rings. The number of nitrogens with two attached hydrogens (primary N) is 1. The Morgan fingerprint density at radius 3 is 2.53 bits per heavy atom. The molecule has 0 bridgehead atoms. The molecule has 15 heavy (non-hydrogen) atoms. The van der Waals surface area contributed by atoms with Crippen LogP contribution in [-0.2, 0) is 11.2 Å². The first kappa shape index (κ1) is 11.6. The molecule has 3 nitrogen and oxygen atoms in total. The summed E-state index contributed by atoms with van der Waals surface area (Å²) in [5.41, 5.74) is 7.38. The molecule has 3 heteroatoms. The van der Waals surface area contributed by atoms with Crippen molar-refractivity contribution >= 4 is 5.69 Å². The van der Waals surface area contributed by atoms with E-state index in [-0.39, 0.29) is 11.9 Å². The molecular weight excluding hydrogens is 190 g/mol. The number of ether oxygens (including phenoxy) is 1. The second-order valence-corrected chi connectivity index (χ2v) is 3.38. The summed E-state index contributed by atoms with van der Waals surface area (Å²) in [5.74, 6) is 0.0636. The summed E-state index contributed by atoms with van der Waals surface area (Å²) in [6.45, 7) is 5.94. The predicted octanol–water partition coefficient (Wildman–Crippen LogP) is 2.29. The van der Waals surface area contributed by atoms with Gasteiger partial charge in [-0.05, 0) is 24.6 Å². The highest BCUT2D eigenvalue weighted by molar-refractivity contribution is 5.39. The van der Waals surface area contributed by atoms with Gasteiger partial charge in [0.15, 0.2) is 0 Å². The summed E-state index contributed by atoms with van der Waals surface area (Å²) in [6, 6.07) is 7.51. The van der Waals surface area contributed by atoms with E-state index in [1.807, 2.05) is 31.2 Å². The van der Waals surface area contributed by atoms with E-state index in [1.54, 1.807) is 0 Å². The van der Waals surface area contributed by atoms with Crippen molar-refractivity contribution in [3.8, 4) is 0 Å². The van der Waals surface area contributed by atoms with Crippen LogP contribution in [0.3, 0.4) is 0 Å². The lowest BCUT2D eigenvalue weighted by Gasteiger charge is -2.15. The Labute approximate surface area is 90.2 Å². The van der Waals surface area contributed by atoms with Gasteiger partial charge in [-0.25, -0.2) is 0 Å². The van der Waals surface area contributed by atoms with Crippen molar-refractivity contribution in [2.75, 3.05) is 12.3 Å². The van der Waals surface area contributed by atoms with Crippen LogP contribution in [0.15, 0.2) is 36.6 Å². The summed E-state index contributed by atoms with van der Waals surface area (Å²) in [5, 5.41) is 9.32. The van der Waals surface area contributed by atoms with E-state index in [2.05, 4.69) is 6.58 Å². The van der Waals surface area contributed by atoms with Gasteiger partial charge in [0.05, 0.1) is 0 Å². The van der Waals surface area contributed by atoms with Crippen molar-refractivity contribution < 1.29 is 9.84 Å². The van der Waals surface area contributed by atoms with Crippen molar-refractivity contribution in [3.63, 3.8) is 0 Å². The SMILES string of the molecule is C=C(O)C(Cc1ccc(N)cc1)OCC. The van der Waals surface area contributed by atoms with Gasteiger partial charge in [0, 0.05) is 18.7 Å². The van der Waals surface area contributed by atoms with Crippen molar-refractivity contribution in [2.45, 2.75) is 19.4 Å². The Morgan fingerprint density at radius 2 is 2.07 bits per heavy atom. The molecule has 0 heterocycles. The minimum Gasteiger partial charge on any atom is -0.510 e. The van der Waals surface area contributed by atoms with Gasteiger partial charge in [-0.15, -0.1) is 0 Å². The largest absolute Gasteiger partial charge is 0.510 e. The summed E-state index contributed by atoms with van der Waals surface area (Å²) in [6.07, 6.45) is 0.280. The van der Waals surface area contributed by atoms with Crippen molar-refractivity contribution in [2.24, 2.45) is 0 Å². The fraction of sp³-hybridized carbons (Fsp3) is 0.333. The molecule has 1 unspecified atom stereocenters. The highest BCUT2D eigenvalue weighted by atomic mass is 16.5. The van der Waals surface area contributed by atoms with Gasteiger partial charge >= 0.3 is 0 Å². The first-order chi connectivity index (χ1) is 7.13. The van der Waals surface area contributed by atoms with Gasteiger partial charge in [-0.1, -0.05) is 18.7 Å². The standard InChI is InChI=1S/C12H17NO2/c1-3-15-12(9(2)14)8-10-4-6-11(13)7-5-10/h4-7,12,14H,2-3,8,13H2,1H3. The van der Waals surface area contributed by atoms with E-state index in [1.165, 1.54) is 0 Å². The van der Waals surface area contributed by atoms with E-state index in [0.717, 1.165) is 11.3 Å². The molecule has 0 amide bonds. The summed E-state index contributed by atoms with van der Waals surface area (Å²) in [4.78, 5) is 0. The second-order valence-electron chi connectivity index (χ2n) is 3.38. The third-order valence-electron chi connectivity index (χ3n) is 2.14. The van der Waals surface area contributed by atoms with E-state index in [4.69, 9.17) is 10.5 Å². The lowest BCUT2D eigenvalue weighted by Crippen LogP contribution is -2.18. The number of aliphatic hydroxyl groups excluding tert-OH is 1. The quantitative estimate of drug-likeness (QED) is 0.575. The molecular formula is C12H17NO2. The highest BCUT2D eigenvalue weighted by Gasteiger charge is 2.12. The fourth-order valence-corrected chi connectivity index (χ4v) is 1.34. The first-order valence-corrected chi connectivity index (χ1v) is 4.97. The minimum atomic E-state index is -0.335. The molecule has 0 saturated carbocycles. The van der Waals surface area contributed by atoms with E-state index in [0.29, 0.717) is 13.0 Å². The van der Waals surface area contributed by atoms with Gasteiger partial charge in [-0.2, -0.15) is 0 Å². The number of benzene rings is 1. The number of anilines is 1. The van der Waals surface area contributed by atoms with Crippen LogP contribution in [0, 0.1) is 0 Å². The van der Waals surface area contributed by atoms with Crippen LogP contribution in [-0.4, -0.2) is 17.8 Å². The molecule has 0 saturated heterocycles. The van der Waals surface area contributed by atoms with Crippen LogP contribution in [0.25, 0.3) is 0 Å². The Morgan fingerprint density at radius 1 is 1.47 bits per heavy atom. The lowest BCUT2D eigenvalue weighted by atomic mass is 10.1. The van der Waals surface area contributed by atoms with Gasteiger partial charge in [0.1, 0.15) is 11.9 Å². The molecule has 0 spiro atoms. The maximum atomic E-state index is 9.32. The molecule has 3 N–H and O–H groups in total. The van der Waals surface area contributed by atoms with E-state index in [9.17, 15) is 5.11 Å². The molecule has 0 aliphatic heterocycles. The average Bonchev–Trinajstić information content (AvgIpc) is 2.20. The molecule has 1 aromatic rings. The zero-order chi connectivity index (χ0) is 11.3. The van der Waals surface area contributed by atoms with Gasteiger partial charge in [0.2, 0.25) is 0 Å². The minimum absolute atomic E-state index is 0.0636. The number of aliphatic hydroxyl groups is 1. The highest BCUT2D eigenvalue weighted by Crippen LogP contribution is 2.12. The van der Waals surface area contributed by atoms with Crippen LogP contribution in [0.5, 0.6) is 0 Å². The molecule has 0 radical (unpaired) electrons. The van der Waals surface area contributed by atoms with Crippen LogP contribution >= 0.6 is 0 Å². The molecule has 0 aliphatic carbocycles. The van der Waals surface area contributed by atoms with Crippen LogP contribution in [0.4, 0.5) is 5.69 Å². The average molecular weight is 207 g/mol. The maximum Gasteiger partial charge on any atom is 0.118 e. The predicted molar refractivity (Wildman–Crippen MR) is 61.7 cm³/mol. The molecule has 0 aromatic heterocycles. The Bertz CT molecular complexity index is 319. The van der Waals surface area contributed by atoms with Crippen molar-refractivity contribution in [1.82, 2.24) is 0 Å². The van der Waals surface area contributed by atoms with Crippen molar-refractivity contribution in [1.29, 1.82) is 0 Å². The van der Waals surface area contributed by atoms with Gasteiger partial charge < -0.3 is 15.6 Å². The maximum absolute atomic E-state index is 9.32. The summed E-state index contributed by atoms with van der Waals surface area (Å²) in [7, 11) is 0. The Hall–Kier alpha value is -1.48. The lowest BCUT2D eigenvalue weighted by molar-refractivity contribution is 0.0590. The summed E-state index contributed by atoms with van der Waals surface area (Å²) >= 11 is 0. The first-order valence-electron chi connectivity index (χ1n) is 4.97. The van der Waals surface area contributed by atoms with Crippen molar-refractivity contribution in [3.05, 3.63) is 42.2 Å². The zero-order valence-corrected chi connectivity index (χ0v) is 8.94. The Balaban J connectivity index is 2.65. The molecule has 1 atom stereocenters. The third-order valence-corrected chi connectivity index (χ3v) is 2.14. The molecule has 1 aromatic carbocycles. The smallest absolute Gasteiger partial charge is 0.118 e. The zero-order valence-electron chi connectivity index (χ0n) is 8.94. The fourth-order valence-electron chi connectivity index (χ4n) is 1.34. The number of hydrogen-bond donors (Lipinski definition) is 2.